The van der Waals surface area contributed by atoms with Crippen LogP contribution in [0.3, 0.4) is 0 Å². The highest BCUT2D eigenvalue weighted by Crippen LogP contribution is 2.40. The van der Waals surface area contributed by atoms with Crippen LogP contribution >= 0.6 is 0 Å². The zero-order valence-electron chi connectivity index (χ0n) is 18.9. The molecule has 5 aromatic rings. The summed E-state index contributed by atoms with van der Waals surface area (Å²) in [5.41, 5.74) is 3.47. The van der Waals surface area contributed by atoms with Gasteiger partial charge in [0.15, 0.2) is 0 Å². The van der Waals surface area contributed by atoms with E-state index in [1.807, 2.05) is 18.3 Å². The number of H-pyrrole nitrogens is 1. The van der Waals surface area contributed by atoms with Gasteiger partial charge in [0.1, 0.15) is 11.7 Å². The van der Waals surface area contributed by atoms with Crippen molar-refractivity contribution >= 4 is 16.9 Å². The maximum Gasteiger partial charge on any atom is 0.433 e. The molecule has 7 rings (SSSR count). The third-order valence-corrected chi connectivity index (χ3v) is 7.08. The lowest BCUT2D eigenvalue weighted by molar-refractivity contribution is -0.142. The van der Waals surface area contributed by atoms with Crippen LogP contribution in [0, 0.1) is 0 Å². The fourth-order valence-electron chi connectivity index (χ4n) is 5.16. The first kappa shape index (κ1) is 21.2. The molecule has 1 aliphatic carbocycles. The minimum Gasteiger partial charge on any atom is -0.348 e. The molecule has 6 heterocycles. The van der Waals surface area contributed by atoms with Gasteiger partial charge in [-0.05, 0) is 48.6 Å². The van der Waals surface area contributed by atoms with Gasteiger partial charge in [-0.25, -0.2) is 14.0 Å². The normalized spacial score (nSPS) is 18.2. The van der Waals surface area contributed by atoms with Gasteiger partial charge in [-0.1, -0.05) is 12.1 Å². The Hall–Kier alpha value is -4.15. The molecule has 182 valence electrons. The summed E-state index contributed by atoms with van der Waals surface area (Å²) >= 11 is 0. The summed E-state index contributed by atoms with van der Waals surface area (Å²) in [7, 11) is 0. The van der Waals surface area contributed by atoms with Crippen LogP contribution in [0.5, 0.6) is 0 Å². The molecular formula is C25H20F3N7O. The standard InChI is InChI=1S/C25H20F3N7O/c26-25(27,28)21-3-1-2-16-10-19(32-35(16)21)23-22-18(29-13-30-22)8-9-33(23)24(36)17-11-31-34-12-15(14-4-5-14)6-7-20(17)34/h1-3,6-7,10-14,23H,4-5,8-9H2,(H,29,30). The number of halogens is 3. The number of rotatable bonds is 3. The Morgan fingerprint density at radius 1 is 1.14 bits per heavy atom. The SMILES string of the molecule is O=C(c1cnn2cc(C3CC3)ccc12)N1CCc2[nH]cnc2C1c1cc2cccc(C(F)(F)F)n2n1. The molecule has 1 unspecified atom stereocenters. The predicted octanol–water partition coefficient (Wildman–Crippen LogP) is 4.39. The van der Waals surface area contributed by atoms with E-state index in [2.05, 4.69) is 20.2 Å². The molecule has 8 nitrogen and oxygen atoms in total. The van der Waals surface area contributed by atoms with E-state index < -0.39 is 17.9 Å². The van der Waals surface area contributed by atoms with Crippen molar-refractivity contribution in [3.63, 3.8) is 0 Å². The second-order valence-corrected chi connectivity index (χ2v) is 9.36. The average Bonchev–Trinajstić information content (AvgIpc) is 3.26. The van der Waals surface area contributed by atoms with Crippen molar-refractivity contribution in [2.24, 2.45) is 0 Å². The minimum absolute atomic E-state index is 0.268. The number of aromatic amines is 1. The summed E-state index contributed by atoms with van der Waals surface area (Å²) in [5.74, 6) is 0.287. The van der Waals surface area contributed by atoms with Crippen LogP contribution in [0.1, 0.15) is 63.5 Å². The largest absolute Gasteiger partial charge is 0.433 e. The van der Waals surface area contributed by atoms with Gasteiger partial charge in [0.25, 0.3) is 5.91 Å². The summed E-state index contributed by atoms with van der Waals surface area (Å²) in [5, 5.41) is 8.74. The zero-order valence-corrected chi connectivity index (χ0v) is 18.9. The van der Waals surface area contributed by atoms with Crippen molar-refractivity contribution in [3.8, 4) is 0 Å². The molecule has 0 spiro atoms. The van der Waals surface area contributed by atoms with E-state index in [1.165, 1.54) is 18.0 Å². The van der Waals surface area contributed by atoms with E-state index in [0.717, 1.165) is 29.1 Å². The molecule has 1 aliphatic heterocycles. The number of hydrogen-bond donors (Lipinski definition) is 1. The number of pyridine rings is 2. The first-order chi connectivity index (χ1) is 17.4. The van der Waals surface area contributed by atoms with Crippen molar-refractivity contribution in [2.75, 3.05) is 6.54 Å². The van der Waals surface area contributed by atoms with Gasteiger partial charge >= 0.3 is 6.18 Å². The number of aromatic nitrogens is 6. The molecule has 1 N–H and O–H groups in total. The van der Waals surface area contributed by atoms with E-state index in [9.17, 15) is 18.0 Å². The Labute approximate surface area is 202 Å². The molecule has 5 aromatic heterocycles. The van der Waals surface area contributed by atoms with Crippen LogP contribution < -0.4 is 0 Å². The van der Waals surface area contributed by atoms with Crippen molar-refractivity contribution in [1.82, 2.24) is 34.1 Å². The summed E-state index contributed by atoms with van der Waals surface area (Å²) in [6.07, 6.45) is 3.35. The topological polar surface area (TPSA) is 83.6 Å². The number of nitrogens with zero attached hydrogens (tertiary/aromatic N) is 6. The predicted molar refractivity (Wildman–Crippen MR) is 123 cm³/mol. The quantitative estimate of drug-likeness (QED) is 0.406. The Kier molecular flexibility index (Phi) is 4.36. The van der Waals surface area contributed by atoms with Crippen molar-refractivity contribution < 1.29 is 18.0 Å². The van der Waals surface area contributed by atoms with Crippen molar-refractivity contribution in [3.05, 3.63) is 89.0 Å². The highest BCUT2D eigenvalue weighted by molar-refractivity contribution is 6.01. The second-order valence-electron chi connectivity index (χ2n) is 9.36. The van der Waals surface area contributed by atoms with Gasteiger partial charge in [0, 0.05) is 24.9 Å². The summed E-state index contributed by atoms with van der Waals surface area (Å²) < 4.78 is 43.5. The molecule has 1 fully saturated rings. The maximum atomic E-state index is 13.9. The van der Waals surface area contributed by atoms with Gasteiger partial charge in [0.05, 0.1) is 40.5 Å². The van der Waals surface area contributed by atoms with E-state index in [-0.39, 0.29) is 5.91 Å². The van der Waals surface area contributed by atoms with Crippen LogP contribution in [0.4, 0.5) is 13.2 Å². The van der Waals surface area contributed by atoms with E-state index >= 15 is 0 Å². The van der Waals surface area contributed by atoms with E-state index in [0.29, 0.717) is 46.9 Å². The lowest BCUT2D eigenvalue weighted by Crippen LogP contribution is -2.41. The Morgan fingerprint density at radius 2 is 2.00 bits per heavy atom. The lowest BCUT2D eigenvalue weighted by Gasteiger charge is -2.33. The first-order valence-corrected chi connectivity index (χ1v) is 11.7. The van der Waals surface area contributed by atoms with Crippen molar-refractivity contribution in [2.45, 2.75) is 37.4 Å². The molecule has 0 bridgehead atoms. The highest BCUT2D eigenvalue weighted by atomic mass is 19.4. The number of fused-ring (bicyclic) bond motifs is 3. The summed E-state index contributed by atoms with van der Waals surface area (Å²) in [4.78, 5) is 23.0. The number of alkyl halides is 3. The van der Waals surface area contributed by atoms with Crippen molar-refractivity contribution in [1.29, 1.82) is 0 Å². The van der Waals surface area contributed by atoms with Crippen LogP contribution in [0.2, 0.25) is 0 Å². The summed E-state index contributed by atoms with van der Waals surface area (Å²) in [6, 6.07) is 8.69. The number of carbonyl (C=O) groups is 1. The number of nitrogens with one attached hydrogen (secondary N) is 1. The molecule has 1 saturated carbocycles. The molecule has 11 heteroatoms. The molecule has 0 radical (unpaired) electrons. The number of hydrogen-bond acceptors (Lipinski definition) is 4. The molecule has 1 amide bonds. The average molecular weight is 491 g/mol. The molecule has 1 atom stereocenters. The van der Waals surface area contributed by atoms with Gasteiger partial charge in [-0.3, -0.25) is 4.79 Å². The number of amides is 1. The monoisotopic (exact) mass is 491 g/mol. The first-order valence-electron chi connectivity index (χ1n) is 11.7. The van der Waals surface area contributed by atoms with Crippen LogP contribution in [0.25, 0.3) is 11.0 Å². The van der Waals surface area contributed by atoms with Gasteiger partial charge in [-0.2, -0.15) is 23.4 Å². The number of imidazole rings is 1. The lowest BCUT2D eigenvalue weighted by atomic mass is 9.98. The van der Waals surface area contributed by atoms with Gasteiger partial charge in [-0.15, -0.1) is 0 Å². The fraction of sp³-hybridized carbons (Fsp3) is 0.280. The Bertz CT molecular complexity index is 1640. The zero-order chi connectivity index (χ0) is 24.6. The maximum absolute atomic E-state index is 13.9. The van der Waals surface area contributed by atoms with Gasteiger partial charge in [0.2, 0.25) is 0 Å². The molecule has 36 heavy (non-hydrogen) atoms. The third kappa shape index (κ3) is 3.22. The van der Waals surface area contributed by atoms with E-state index in [1.54, 1.807) is 27.7 Å². The Morgan fingerprint density at radius 3 is 2.81 bits per heavy atom. The van der Waals surface area contributed by atoms with Crippen LogP contribution in [-0.2, 0) is 12.6 Å². The van der Waals surface area contributed by atoms with Gasteiger partial charge < -0.3 is 9.88 Å². The van der Waals surface area contributed by atoms with E-state index in [4.69, 9.17) is 0 Å². The number of carbonyl (C=O) groups excluding carboxylic acids is 1. The third-order valence-electron chi connectivity index (χ3n) is 7.08. The fourth-order valence-corrected chi connectivity index (χ4v) is 5.16. The molecule has 0 saturated heterocycles. The minimum atomic E-state index is -4.57. The Balaban J connectivity index is 1.33. The highest BCUT2D eigenvalue weighted by Gasteiger charge is 2.39. The summed E-state index contributed by atoms with van der Waals surface area (Å²) in [6.45, 7) is 0.357. The molecule has 2 aliphatic rings. The smallest absolute Gasteiger partial charge is 0.348 e. The molecule has 0 aromatic carbocycles. The molecular weight excluding hydrogens is 471 g/mol. The second kappa shape index (κ2) is 7.42. The van der Waals surface area contributed by atoms with Crippen LogP contribution in [-0.4, -0.2) is 46.5 Å². The van der Waals surface area contributed by atoms with Crippen LogP contribution in [0.15, 0.2) is 55.1 Å².